The first-order valence-corrected chi connectivity index (χ1v) is 7.84. The molecular formula is C17H26ClF3N2O. The maximum absolute atomic E-state index is 12.5. The number of hydrogen-bond donors (Lipinski definition) is 2. The van der Waals surface area contributed by atoms with Gasteiger partial charge >= 0.3 is 6.18 Å². The number of nitrogens with two attached hydrogens (primary N) is 1. The van der Waals surface area contributed by atoms with Gasteiger partial charge in [0.1, 0.15) is 0 Å². The molecule has 0 bridgehead atoms. The minimum Gasteiger partial charge on any atom is -0.354 e. The zero-order chi connectivity index (χ0) is 17.7. The van der Waals surface area contributed by atoms with E-state index < -0.39 is 17.3 Å². The topological polar surface area (TPSA) is 55.1 Å². The highest BCUT2D eigenvalue weighted by molar-refractivity contribution is 5.85. The Morgan fingerprint density at radius 2 is 1.67 bits per heavy atom. The summed E-state index contributed by atoms with van der Waals surface area (Å²) in [4.78, 5) is 12.0. The van der Waals surface area contributed by atoms with Crippen LogP contribution in [0.25, 0.3) is 0 Å². The molecule has 1 atom stereocenters. The molecule has 1 aromatic carbocycles. The third-order valence-corrected chi connectivity index (χ3v) is 4.34. The van der Waals surface area contributed by atoms with Crippen LogP contribution < -0.4 is 11.1 Å². The fourth-order valence-corrected chi connectivity index (χ4v) is 2.24. The van der Waals surface area contributed by atoms with Crippen LogP contribution in [-0.4, -0.2) is 18.0 Å². The predicted molar refractivity (Wildman–Crippen MR) is 92.2 cm³/mol. The first kappa shape index (κ1) is 22.7. The molecule has 0 saturated heterocycles. The van der Waals surface area contributed by atoms with Gasteiger partial charge in [0.15, 0.2) is 0 Å². The van der Waals surface area contributed by atoms with Crippen molar-refractivity contribution in [3.8, 4) is 0 Å². The number of alkyl halides is 3. The van der Waals surface area contributed by atoms with Crippen LogP contribution in [0.15, 0.2) is 24.3 Å². The Morgan fingerprint density at radius 3 is 2.08 bits per heavy atom. The van der Waals surface area contributed by atoms with Gasteiger partial charge in [0.2, 0.25) is 5.91 Å². The Balaban J connectivity index is 0.00000529. The van der Waals surface area contributed by atoms with Crippen molar-refractivity contribution in [2.45, 2.75) is 57.7 Å². The molecule has 0 spiro atoms. The van der Waals surface area contributed by atoms with Crippen LogP contribution in [0.2, 0.25) is 0 Å². The van der Waals surface area contributed by atoms with Gasteiger partial charge in [-0.15, -0.1) is 12.4 Å². The van der Waals surface area contributed by atoms with E-state index in [4.69, 9.17) is 5.73 Å². The second kappa shape index (κ2) is 9.28. The first-order chi connectivity index (χ1) is 10.6. The number of carbonyl (C=O) groups excluding carboxylic acids is 1. The van der Waals surface area contributed by atoms with Gasteiger partial charge < -0.3 is 11.1 Å². The highest BCUT2D eigenvalue weighted by Gasteiger charge is 2.30. The third kappa shape index (κ3) is 6.69. The summed E-state index contributed by atoms with van der Waals surface area (Å²) in [7, 11) is 0. The Bertz CT molecular complexity index is 514. The van der Waals surface area contributed by atoms with E-state index >= 15 is 0 Å². The molecule has 0 aliphatic carbocycles. The van der Waals surface area contributed by atoms with Gasteiger partial charge in [-0.1, -0.05) is 32.9 Å². The molecule has 0 saturated carbocycles. The molecule has 138 valence electrons. The highest BCUT2D eigenvalue weighted by atomic mass is 35.5. The molecule has 0 aliphatic rings. The van der Waals surface area contributed by atoms with E-state index in [-0.39, 0.29) is 30.7 Å². The summed E-state index contributed by atoms with van der Waals surface area (Å²) < 4.78 is 37.6. The standard InChI is InChI=1S/C17H25F3N2O.ClH/c1-4-16(21,5-2)11-22-15(23)10-12(3)13-6-8-14(9-7-13)17(18,19)20;/h6-9,12H,4-5,10-11,21H2,1-3H3,(H,22,23);1H. The number of amides is 1. The second-order valence-electron chi connectivity index (χ2n) is 6.07. The lowest BCUT2D eigenvalue weighted by Crippen LogP contribution is -2.49. The average molecular weight is 367 g/mol. The molecular weight excluding hydrogens is 341 g/mol. The Hall–Kier alpha value is -1.27. The summed E-state index contributed by atoms with van der Waals surface area (Å²) >= 11 is 0. The van der Waals surface area contributed by atoms with Gasteiger partial charge in [-0.05, 0) is 36.5 Å². The third-order valence-electron chi connectivity index (χ3n) is 4.34. The molecule has 0 radical (unpaired) electrons. The van der Waals surface area contributed by atoms with Crippen LogP contribution in [0, 0.1) is 0 Å². The molecule has 0 aromatic heterocycles. The summed E-state index contributed by atoms with van der Waals surface area (Å²) in [6, 6.07) is 4.93. The van der Waals surface area contributed by atoms with Crippen molar-refractivity contribution in [3.63, 3.8) is 0 Å². The molecule has 1 rings (SSSR count). The lowest BCUT2D eigenvalue weighted by atomic mass is 9.93. The Morgan fingerprint density at radius 1 is 1.17 bits per heavy atom. The van der Waals surface area contributed by atoms with Crippen molar-refractivity contribution in [3.05, 3.63) is 35.4 Å². The van der Waals surface area contributed by atoms with E-state index in [0.717, 1.165) is 25.0 Å². The Labute approximate surface area is 147 Å². The van der Waals surface area contributed by atoms with Crippen LogP contribution in [0.3, 0.4) is 0 Å². The van der Waals surface area contributed by atoms with E-state index in [2.05, 4.69) is 5.32 Å². The lowest BCUT2D eigenvalue weighted by Gasteiger charge is -2.27. The number of nitrogens with one attached hydrogen (secondary N) is 1. The van der Waals surface area contributed by atoms with Gasteiger partial charge in [0.25, 0.3) is 0 Å². The van der Waals surface area contributed by atoms with Gasteiger partial charge in [0, 0.05) is 18.5 Å². The van der Waals surface area contributed by atoms with Crippen molar-refractivity contribution >= 4 is 18.3 Å². The molecule has 3 N–H and O–H groups in total. The maximum atomic E-state index is 12.5. The van der Waals surface area contributed by atoms with E-state index in [1.165, 1.54) is 12.1 Å². The number of benzene rings is 1. The SMILES string of the molecule is CCC(N)(CC)CNC(=O)CC(C)c1ccc(C(F)(F)F)cc1.Cl. The summed E-state index contributed by atoms with van der Waals surface area (Å²) in [6.45, 7) is 6.16. The second-order valence-corrected chi connectivity index (χ2v) is 6.07. The summed E-state index contributed by atoms with van der Waals surface area (Å²) in [6.07, 6.45) is -2.60. The van der Waals surface area contributed by atoms with Gasteiger partial charge in [-0.3, -0.25) is 4.79 Å². The van der Waals surface area contributed by atoms with E-state index in [1.54, 1.807) is 0 Å². The molecule has 1 aromatic rings. The summed E-state index contributed by atoms with van der Waals surface area (Å²) in [5, 5.41) is 2.82. The van der Waals surface area contributed by atoms with Crippen molar-refractivity contribution in [2.24, 2.45) is 5.73 Å². The minimum atomic E-state index is -4.34. The van der Waals surface area contributed by atoms with Gasteiger partial charge in [-0.2, -0.15) is 13.2 Å². The quantitative estimate of drug-likeness (QED) is 0.757. The maximum Gasteiger partial charge on any atom is 0.416 e. The zero-order valence-electron chi connectivity index (χ0n) is 14.2. The molecule has 0 heterocycles. The van der Waals surface area contributed by atoms with Gasteiger partial charge in [-0.25, -0.2) is 0 Å². The van der Waals surface area contributed by atoms with Crippen molar-refractivity contribution in [1.29, 1.82) is 0 Å². The predicted octanol–water partition coefficient (Wildman–Crippen LogP) is 4.25. The summed E-state index contributed by atoms with van der Waals surface area (Å²) in [5.41, 5.74) is 5.74. The van der Waals surface area contributed by atoms with E-state index in [1.807, 2.05) is 20.8 Å². The number of carbonyl (C=O) groups is 1. The van der Waals surface area contributed by atoms with Crippen molar-refractivity contribution in [1.82, 2.24) is 5.32 Å². The zero-order valence-corrected chi connectivity index (χ0v) is 15.1. The fourth-order valence-electron chi connectivity index (χ4n) is 2.24. The average Bonchev–Trinajstić information content (AvgIpc) is 2.52. The largest absolute Gasteiger partial charge is 0.416 e. The monoisotopic (exact) mass is 366 g/mol. The van der Waals surface area contributed by atoms with Crippen molar-refractivity contribution < 1.29 is 18.0 Å². The smallest absolute Gasteiger partial charge is 0.354 e. The molecule has 1 unspecified atom stereocenters. The van der Waals surface area contributed by atoms with Crippen LogP contribution in [-0.2, 0) is 11.0 Å². The van der Waals surface area contributed by atoms with E-state index in [9.17, 15) is 18.0 Å². The van der Waals surface area contributed by atoms with Crippen LogP contribution in [0.5, 0.6) is 0 Å². The molecule has 1 amide bonds. The lowest BCUT2D eigenvalue weighted by molar-refractivity contribution is -0.137. The molecule has 0 fully saturated rings. The van der Waals surface area contributed by atoms with Crippen LogP contribution >= 0.6 is 12.4 Å². The molecule has 7 heteroatoms. The molecule has 24 heavy (non-hydrogen) atoms. The highest BCUT2D eigenvalue weighted by Crippen LogP contribution is 2.30. The first-order valence-electron chi connectivity index (χ1n) is 7.84. The minimum absolute atomic E-state index is 0. The van der Waals surface area contributed by atoms with Gasteiger partial charge in [0.05, 0.1) is 5.56 Å². The summed E-state index contributed by atoms with van der Waals surface area (Å²) in [5.74, 6) is -0.304. The molecule has 3 nitrogen and oxygen atoms in total. The fraction of sp³-hybridized carbons (Fsp3) is 0.588. The molecule has 0 aliphatic heterocycles. The number of halogens is 4. The van der Waals surface area contributed by atoms with Crippen LogP contribution in [0.1, 0.15) is 57.1 Å². The number of rotatable bonds is 7. The van der Waals surface area contributed by atoms with E-state index in [0.29, 0.717) is 12.1 Å². The van der Waals surface area contributed by atoms with Crippen molar-refractivity contribution in [2.75, 3.05) is 6.54 Å². The normalized spacial score (nSPS) is 13.1. The van der Waals surface area contributed by atoms with Crippen LogP contribution in [0.4, 0.5) is 13.2 Å². The number of hydrogen-bond acceptors (Lipinski definition) is 2. The Kier molecular flexibility index (Phi) is 8.78.